The molecule has 0 aliphatic carbocycles. The lowest BCUT2D eigenvalue weighted by Gasteiger charge is -2.26. The Hall–Kier alpha value is -3.04. The van der Waals surface area contributed by atoms with E-state index in [-0.39, 0.29) is 0 Å². The summed E-state index contributed by atoms with van der Waals surface area (Å²) in [5, 5.41) is 12.6. The maximum Gasteiger partial charge on any atom is 0.127 e. The minimum absolute atomic E-state index is 0.704. The molecule has 4 rings (SSSR count). The van der Waals surface area contributed by atoms with Crippen molar-refractivity contribution in [2.45, 2.75) is 19.1 Å². The van der Waals surface area contributed by atoms with Gasteiger partial charge in [0.25, 0.3) is 0 Å². The highest BCUT2D eigenvalue weighted by atomic mass is 16.5. The lowest BCUT2D eigenvalue weighted by Crippen LogP contribution is -2.26. The summed E-state index contributed by atoms with van der Waals surface area (Å²) in [5.41, 5.74) is 2.90. The summed E-state index contributed by atoms with van der Waals surface area (Å²) in [6.45, 7) is 2.56. The minimum atomic E-state index is -1.12. The van der Waals surface area contributed by atoms with Crippen LogP contribution in [0.2, 0.25) is 0 Å². The molecule has 0 amide bonds. The Kier molecular flexibility index (Phi) is 4.46. The monoisotopic (exact) mass is 357 g/mol. The molecule has 3 heteroatoms. The van der Waals surface area contributed by atoms with Crippen molar-refractivity contribution in [2.24, 2.45) is 0 Å². The normalized spacial score (nSPS) is 13.4. The fraction of sp³-hybridized carbons (Fsp3) is 0.167. The summed E-state index contributed by atoms with van der Waals surface area (Å²) < 4.78 is 7.45. The third kappa shape index (κ3) is 3.22. The molecule has 3 aromatic carbocycles. The molecule has 0 saturated heterocycles. The Bertz CT molecular complexity index is 1050. The first-order valence-corrected chi connectivity index (χ1v) is 9.09. The number of aliphatic hydroxyl groups is 1. The number of hydrogen-bond donors (Lipinski definition) is 1. The van der Waals surface area contributed by atoms with E-state index in [9.17, 15) is 5.11 Å². The molecule has 0 spiro atoms. The van der Waals surface area contributed by atoms with E-state index >= 15 is 0 Å². The maximum atomic E-state index is 11.5. The average Bonchev–Trinajstić information content (AvgIpc) is 3.08. The minimum Gasteiger partial charge on any atom is -0.497 e. The molecular formula is C24H23NO2. The second-order valence-electron chi connectivity index (χ2n) is 6.96. The van der Waals surface area contributed by atoms with Gasteiger partial charge >= 0.3 is 0 Å². The summed E-state index contributed by atoms with van der Waals surface area (Å²) in [6, 6.07) is 28.3. The Labute approximate surface area is 159 Å². The number of benzene rings is 3. The first kappa shape index (κ1) is 17.4. The summed E-state index contributed by atoms with van der Waals surface area (Å²) in [6.07, 6.45) is 0. The molecule has 0 radical (unpaired) electrons. The highest BCUT2D eigenvalue weighted by Gasteiger charge is 2.30. The molecule has 0 fully saturated rings. The zero-order chi connectivity index (χ0) is 18.9. The van der Waals surface area contributed by atoms with Gasteiger partial charge in [0.1, 0.15) is 11.4 Å². The van der Waals surface area contributed by atoms with Crippen molar-refractivity contribution in [1.82, 2.24) is 4.57 Å². The number of para-hydroxylation sites is 1. The van der Waals surface area contributed by atoms with E-state index in [1.54, 1.807) is 7.11 Å². The number of nitrogens with zero attached hydrogens (tertiary/aromatic N) is 1. The number of hydrogen-bond acceptors (Lipinski definition) is 2. The number of ether oxygens (including phenoxy) is 1. The fourth-order valence-corrected chi connectivity index (χ4v) is 3.61. The van der Waals surface area contributed by atoms with Gasteiger partial charge in [-0.1, -0.05) is 60.7 Å². The van der Waals surface area contributed by atoms with Crippen LogP contribution in [0.1, 0.15) is 23.7 Å². The molecule has 0 aliphatic heterocycles. The standard InChI is InChI=1S/C24H23NO2/c1-24(26,20-12-14-21(27-2)15-13-20)23-16-19-10-6-7-11-22(19)25(23)17-18-8-4-3-5-9-18/h3-16,26H,17H2,1-2H3. The second-order valence-corrected chi connectivity index (χ2v) is 6.96. The van der Waals surface area contributed by atoms with Crippen LogP contribution in [0.3, 0.4) is 0 Å². The lowest BCUT2D eigenvalue weighted by molar-refractivity contribution is 0.0939. The van der Waals surface area contributed by atoms with Gasteiger partial charge in [-0.2, -0.15) is 0 Å². The largest absolute Gasteiger partial charge is 0.497 e. The van der Waals surface area contributed by atoms with Crippen molar-refractivity contribution in [3.63, 3.8) is 0 Å². The molecule has 0 saturated carbocycles. The first-order valence-electron chi connectivity index (χ1n) is 9.09. The van der Waals surface area contributed by atoms with Crippen molar-refractivity contribution < 1.29 is 9.84 Å². The van der Waals surface area contributed by atoms with Crippen LogP contribution in [-0.2, 0) is 12.1 Å². The Morgan fingerprint density at radius 3 is 2.26 bits per heavy atom. The summed E-state index contributed by atoms with van der Waals surface area (Å²) in [7, 11) is 1.64. The molecule has 27 heavy (non-hydrogen) atoms. The van der Waals surface area contributed by atoms with Crippen molar-refractivity contribution in [1.29, 1.82) is 0 Å². The van der Waals surface area contributed by atoms with Gasteiger partial charge in [-0.3, -0.25) is 0 Å². The van der Waals surface area contributed by atoms with Crippen LogP contribution in [-0.4, -0.2) is 16.8 Å². The van der Waals surface area contributed by atoms with Crippen LogP contribution < -0.4 is 4.74 Å². The predicted molar refractivity (Wildman–Crippen MR) is 109 cm³/mol. The van der Waals surface area contributed by atoms with Gasteiger partial charge < -0.3 is 14.4 Å². The summed E-state index contributed by atoms with van der Waals surface area (Å²) in [4.78, 5) is 0. The molecule has 1 heterocycles. The van der Waals surface area contributed by atoms with E-state index < -0.39 is 5.60 Å². The molecule has 3 nitrogen and oxygen atoms in total. The quantitative estimate of drug-likeness (QED) is 0.548. The van der Waals surface area contributed by atoms with Gasteiger partial charge in [-0.05, 0) is 47.7 Å². The third-order valence-corrected chi connectivity index (χ3v) is 5.14. The van der Waals surface area contributed by atoms with Gasteiger partial charge in [0.15, 0.2) is 0 Å². The predicted octanol–water partition coefficient (Wildman–Crippen LogP) is 4.95. The van der Waals surface area contributed by atoms with Crippen LogP contribution in [0.4, 0.5) is 0 Å². The maximum absolute atomic E-state index is 11.5. The van der Waals surface area contributed by atoms with Crippen LogP contribution in [0.15, 0.2) is 84.9 Å². The van der Waals surface area contributed by atoms with Crippen molar-refractivity contribution in [3.05, 3.63) is 102 Å². The smallest absolute Gasteiger partial charge is 0.127 e. The number of aromatic nitrogens is 1. The topological polar surface area (TPSA) is 34.4 Å². The van der Waals surface area contributed by atoms with Gasteiger partial charge in [-0.25, -0.2) is 0 Å². The number of rotatable bonds is 5. The number of fused-ring (bicyclic) bond motifs is 1. The van der Waals surface area contributed by atoms with Gasteiger partial charge in [0, 0.05) is 12.1 Å². The van der Waals surface area contributed by atoms with E-state index in [0.717, 1.165) is 27.9 Å². The van der Waals surface area contributed by atoms with E-state index in [1.807, 2.05) is 61.5 Å². The number of methoxy groups -OCH3 is 1. The Balaban J connectivity index is 1.85. The van der Waals surface area contributed by atoms with Crippen LogP contribution in [0.25, 0.3) is 10.9 Å². The highest BCUT2D eigenvalue weighted by Crippen LogP contribution is 2.34. The Morgan fingerprint density at radius 2 is 1.56 bits per heavy atom. The van der Waals surface area contributed by atoms with Crippen LogP contribution in [0, 0.1) is 0 Å². The van der Waals surface area contributed by atoms with Crippen molar-refractivity contribution >= 4 is 10.9 Å². The zero-order valence-electron chi connectivity index (χ0n) is 15.6. The Morgan fingerprint density at radius 1 is 0.889 bits per heavy atom. The van der Waals surface area contributed by atoms with Crippen molar-refractivity contribution in [2.75, 3.05) is 7.11 Å². The molecule has 1 atom stereocenters. The van der Waals surface area contributed by atoms with Gasteiger partial charge in [-0.15, -0.1) is 0 Å². The highest BCUT2D eigenvalue weighted by molar-refractivity contribution is 5.82. The second kappa shape index (κ2) is 6.93. The van der Waals surface area contributed by atoms with E-state index in [2.05, 4.69) is 34.9 Å². The lowest BCUT2D eigenvalue weighted by atomic mass is 9.92. The molecule has 1 N–H and O–H groups in total. The van der Waals surface area contributed by atoms with Gasteiger partial charge in [0.2, 0.25) is 0 Å². The summed E-state index contributed by atoms with van der Waals surface area (Å²) in [5.74, 6) is 0.777. The molecule has 136 valence electrons. The molecule has 4 aromatic rings. The van der Waals surface area contributed by atoms with Crippen LogP contribution in [0.5, 0.6) is 5.75 Å². The zero-order valence-corrected chi connectivity index (χ0v) is 15.6. The SMILES string of the molecule is COc1ccc(C(C)(O)c2cc3ccccc3n2Cc2ccccc2)cc1. The van der Waals surface area contributed by atoms with E-state index in [4.69, 9.17) is 4.74 Å². The van der Waals surface area contributed by atoms with Crippen LogP contribution >= 0.6 is 0 Å². The van der Waals surface area contributed by atoms with E-state index in [1.165, 1.54) is 5.56 Å². The third-order valence-electron chi connectivity index (χ3n) is 5.14. The molecule has 1 unspecified atom stereocenters. The fourth-order valence-electron chi connectivity index (χ4n) is 3.61. The molecule has 0 aliphatic rings. The first-order chi connectivity index (χ1) is 13.1. The molecular weight excluding hydrogens is 334 g/mol. The van der Waals surface area contributed by atoms with Gasteiger partial charge in [0.05, 0.1) is 12.8 Å². The molecule has 0 bridgehead atoms. The van der Waals surface area contributed by atoms with E-state index in [0.29, 0.717) is 6.54 Å². The van der Waals surface area contributed by atoms with Crippen molar-refractivity contribution in [3.8, 4) is 5.75 Å². The average molecular weight is 357 g/mol. The summed E-state index contributed by atoms with van der Waals surface area (Å²) >= 11 is 0. The molecule has 1 aromatic heterocycles.